The molecule has 2 aliphatic rings. The summed E-state index contributed by atoms with van der Waals surface area (Å²) in [6.07, 6.45) is 1.49. The van der Waals surface area contributed by atoms with Gasteiger partial charge in [0, 0.05) is 43.9 Å². The van der Waals surface area contributed by atoms with Gasteiger partial charge in [-0.3, -0.25) is 9.59 Å². The number of nitrogens with one attached hydrogen (secondary N) is 1. The topological polar surface area (TPSA) is 96.0 Å². The summed E-state index contributed by atoms with van der Waals surface area (Å²) in [6.45, 7) is 2.69. The number of benzene rings is 2. The molecule has 2 amide bonds. The smallest absolute Gasteiger partial charge is 0.255 e. The second kappa shape index (κ2) is 9.17. The molecule has 0 bridgehead atoms. The Hall–Kier alpha value is -2.75. The third kappa shape index (κ3) is 4.95. The minimum absolute atomic E-state index is 0.137. The zero-order chi connectivity index (χ0) is 21.8. The molecular formula is C22H25N3O5S. The van der Waals surface area contributed by atoms with Crippen molar-refractivity contribution < 1.29 is 22.7 Å². The Balaban J connectivity index is 1.42. The number of amides is 2. The van der Waals surface area contributed by atoms with E-state index in [0.29, 0.717) is 50.5 Å². The largest absolute Gasteiger partial charge is 0.379 e. The van der Waals surface area contributed by atoms with Crippen molar-refractivity contribution in [1.82, 2.24) is 9.21 Å². The van der Waals surface area contributed by atoms with Crippen LogP contribution < -0.4 is 5.32 Å². The lowest BCUT2D eigenvalue weighted by Crippen LogP contribution is -2.40. The first-order valence-corrected chi connectivity index (χ1v) is 11.7. The average Bonchev–Trinajstić information content (AvgIpc) is 3.19. The molecule has 2 aromatic rings. The molecule has 2 heterocycles. The first-order valence-electron chi connectivity index (χ1n) is 10.3. The Kier molecular flexibility index (Phi) is 6.35. The molecule has 2 aliphatic heterocycles. The molecule has 2 fully saturated rings. The van der Waals surface area contributed by atoms with E-state index in [1.165, 1.54) is 16.4 Å². The Morgan fingerprint density at radius 2 is 1.77 bits per heavy atom. The monoisotopic (exact) mass is 443 g/mol. The molecule has 0 radical (unpaired) electrons. The number of morpholine rings is 1. The highest BCUT2D eigenvalue weighted by atomic mass is 32.2. The summed E-state index contributed by atoms with van der Waals surface area (Å²) in [7, 11) is -3.64. The van der Waals surface area contributed by atoms with E-state index in [1.54, 1.807) is 24.3 Å². The van der Waals surface area contributed by atoms with Gasteiger partial charge in [-0.25, -0.2) is 8.42 Å². The first kappa shape index (κ1) is 21.5. The minimum Gasteiger partial charge on any atom is -0.379 e. The summed E-state index contributed by atoms with van der Waals surface area (Å²) in [4.78, 5) is 26.4. The van der Waals surface area contributed by atoms with Gasteiger partial charge >= 0.3 is 0 Å². The van der Waals surface area contributed by atoms with E-state index < -0.39 is 10.0 Å². The van der Waals surface area contributed by atoms with Gasteiger partial charge in [-0.2, -0.15) is 4.31 Å². The number of nitrogens with zero attached hydrogens (tertiary/aromatic N) is 2. The van der Waals surface area contributed by atoms with Gasteiger partial charge in [0.25, 0.3) is 5.91 Å². The number of sulfonamides is 1. The van der Waals surface area contributed by atoms with E-state index in [-0.39, 0.29) is 16.7 Å². The lowest BCUT2D eigenvalue weighted by Gasteiger charge is -2.26. The third-order valence-electron chi connectivity index (χ3n) is 5.46. The Morgan fingerprint density at radius 3 is 2.45 bits per heavy atom. The van der Waals surface area contributed by atoms with Crippen molar-refractivity contribution in [2.45, 2.75) is 24.3 Å². The van der Waals surface area contributed by atoms with Gasteiger partial charge in [0.05, 0.1) is 18.1 Å². The Bertz CT molecular complexity index is 1060. The highest BCUT2D eigenvalue weighted by Gasteiger charge is 2.26. The van der Waals surface area contributed by atoms with Crippen LogP contribution in [-0.4, -0.2) is 62.3 Å². The number of likely N-dealkylation sites (tertiary alicyclic amines) is 1. The maximum Gasteiger partial charge on any atom is 0.255 e. The van der Waals surface area contributed by atoms with Crippen LogP contribution in [0.1, 0.15) is 28.8 Å². The van der Waals surface area contributed by atoms with Crippen molar-refractivity contribution in [3.8, 4) is 0 Å². The lowest BCUT2D eigenvalue weighted by molar-refractivity contribution is -0.128. The maximum absolute atomic E-state index is 12.8. The zero-order valence-corrected chi connectivity index (χ0v) is 17.9. The SMILES string of the molecule is O=C(Nc1cccc(S(=O)(=O)N2CCOCC2)c1)c1ccc(CN2CCCC2=O)cc1. The fourth-order valence-electron chi connectivity index (χ4n) is 3.73. The summed E-state index contributed by atoms with van der Waals surface area (Å²) in [6, 6.07) is 13.3. The molecule has 4 rings (SSSR count). The molecule has 164 valence electrons. The summed E-state index contributed by atoms with van der Waals surface area (Å²) >= 11 is 0. The van der Waals surface area contributed by atoms with Crippen LogP contribution in [0.15, 0.2) is 53.4 Å². The van der Waals surface area contributed by atoms with Crippen molar-refractivity contribution in [2.75, 3.05) is 38.2 Å². The fraction of sp³-hybridized carbons (Fsp3) is 0.364. The van der Waals surface area contributed by atoms with Crippen LogP contribution in [-0.2, 0) is 26.1 Å². The molecule has 0 unspecified atom stereocenters. The predicted octanol–water partition coefficient (Wildman–Crippen LogP) is 2.08. The number of ether oxygens (including phenoxy) is 1. The van der Waals surface area contributed by atoms with Crippen molar-refractivity contribution >= 4 is 27.5 Å². The van der Waals surface area contributed by atoms with Crippen LogP contribution in [0.5, 0.6) is 0 Å². The molecular weight excluding hydrogens is 418 g/mol. The molecule has 0 atom stereocenters. The number of anilines is 1. The number of rotatable bonds is 6. The van der Waals surface area contributed by atoms with Crippen LogP contribution in [0.3, 0.4) is 0 Å². The van der Waals surface area contributed by atoms with Gasteiger partial charge < -0.3 is 15.0 Å². The van der Waals surface area contributed by atoms with Crippen LogP contribution >= 0.6 is 0 Å². The quantitative estimate of drug-likeness (QED) is 0.738. The summed E-state index contributed by atoms with van der Waals surface area (Å²) in [5.41, 5.74) is 1.83. The van der Waals surface area contributed by atoms with E-state index >= 15 is 0 Å². The lowest BCUT2D eigenvalue weighted by atomic mass is 10.1. The van der Waals surface area contributed by atoms with E-state index in [4.69, 9.17) is 4.74 Å². The normalized spacial score (nSPS) is 17.7. The molecule has 0 spiro atoms. The zero-order valence-electron chi connectivity index (χ0n) is 17.1. The molecule has 8 nitrogen and oxygen atoms in total. The van der Waals surface area contributed by atoms with Crippen molar-refractivity contribution in [1.29, 1.82) is 0 Å². The second-order valence-corrected chi connectivity index (χ2v) is 9.55. The van der Waals surface area contributed by atoms with Gasteiger partial charge in [-0.05, 0) is 42.3 Å². The van der Waals surface area contributed by atoms with Crippen LogP contribution in [0.4, 0.5) is 5.69 Å². The molecule has 0 aliphatic carbocycles. The van der Waals surface area contributed by atoms with Crippen molar-refractivity contribution in [3.63, 3.8) is 0 Å². The fourth-order valence-corrected chi connectivity index (χ4v) is 5.18. The second-order valence-electron chi connectivity index (χ2n) is 7.61. The molecule has 2 saturated heterocycles. The van der Waals surface area contributed by atoms with Gasteiger partial charge in [0.2, 0.25) is 15.9 Å². The highest BCUT2D eigenvalue weighted by molar-refractivity contribution is 7.89. The summed E-state index contributed by atoms with van der Waals surface area (Å²) in [5.74, 6) is -0.168. The van der Waals surface area contributed by atoms with Crippen molar-refractivity contribution in [2.24, 2.45) is 0 Å². The number of carbonyl (C=O) groups excluding carboxylic acids is 2. The van der Waals surface area contributed by atoms with Gasteiger partial charge in [0.1, 0.15) is 0 Å². The van der Waals surface area contributed by atoms with Gasteiger partial charge in [-0.15, -0.1) is 0 Å². The molecule has 1 N–H and O–H groups in total. The highest BCUT2D eigenvalue weighted by Crippen LogP contribution is 2.21. The number of hydrogen-bond acceptors (Lipinski definition) is 5. The summed E-state index contributed by atoms with van der Waals surface area (Å²) in [5, 5.41) is 2.76. The average molecular weight is 444 g/mol. The first-order chi connectivity index (χ1) is 14.9. The third-order valence-corrected chi connectivity index (χ3v) is 7.36. The molecule has 2 aromatic carbocycles. The maximum atomic E-state index is 12.8. The van der Waals surface area contributed by atoms with Gasteiger partial charge in [0.15, 0.2) is 0 Å². The summed E-state index contributed by atoms with van der Waals surface area (Å²) < 4.78 is 32.3. The predicted molar refractivity (Wildman–Crippen MR) is 115 cm³/mol. The van der Waals surface area contributed by atoms with Crippen LogP contribution in [0, 0.1) is 0 Å². The van der Waals surface area contributed by atoms with E-state index in [0.717, 1.165) is 18.5 Å². The standard InChI is InChI=1S/C22H25N3O5S/c26-21-5-2-10-24(21)16-17-6-8-18(9-7-17)22(27)23-19-3-1-4-20(15-19)31(28,29)25-11-13-30-14-12-25/h1,3-4,6-9,15H,2,5,10-14,16H2,(H,23,27). The van der Waals surface area contributed by atoms with Gasteiger partial charge in [-0.1, -0.05) is 18.2 Å². The van der Waals surface area contributed by atoms with E-state index in [1.807, 2.05) is 17.0 Å². The number of hydrogen-bond donors (Lipinski definition) is 1. The van der Waals surface area contributed by atoms with Crippen LogP contribution in [0.25, 0.3) is 0 Å². The Labute approximate surface area is 181 Å². The van der Waals surface area contributed by atoms with Crippen molar-refractivity contribution in [3.05, 3.63) is 59.7 Å². The molecule has 31 heavy (non-hydrogen) atoms. The Morgan fingerprint density at radius 1 is 1.03 bits per heavy atom. The molecule has 9 heteroatoms. The minimum atomic E-state index is -3.64. The van der Waals surface area contributed by atoms with E-state index in [2.05, 4.69) is 5.32 Å². The van der Waals surface area contributed by atoms with E-state index in [9.17, 15) is 18.0 Å². The molecule has 0 aromatic heterocycles. The molecule has 0 saturated carbocycles. The van der Waals surface area contributed by atoms with Crippen LogP contribution in [0.2, 0.25) is 0 Å². The number of carbonyl (C=O) groups is 2.